The Hall–Kier alpha value is -0.170. The van der Waals surface area contributed by atoms with E-state index in [4.69, 9.17) is 0 Å². The summed E-state index contributed by atoms with van der Waals surface area (Å²) >= 11 is 0. The van der Waals surface area contributed by atoms with Crippen molar-refractivity contribution in [3.63, 3.8) is 0 Å². The topological polar surface area (TPSA) is 52.7 Å². The quantitative estimate of drug-likeness (QED) is 0.815. The van der Waals surface area contributed by atoms with Gasteiger partial charge in [-0.2, -0.15) is 17.0 Å². The molecule has 1 aliphatic heterocycles. The molecule has 1 heterocycles. The predicted molar refractivity (Wildman–Crippen MR) is 86.4 cm³/mol. The van der Waals surface area contributed by atoms with Crippen LogP contribution < -0.4 is 5.32 Å². The molecular formula is C15H31N3O2S. The van der Waals surface area contributed by atoms with Crippen molar-refractivity contribution in [1.82, 2.24) is 13.9 Å². The van der Waals surface area contributed by atoms with Crippen LogP contribution in [0.5, 0.6) is 0 Å². The van der Waals surface area contributed by atoms with Gasteiger partial charge in [-0.3, -0.25) is 0 Å². The maximum Gasteiger partial charge on any atom is 0.282 e. The SMILES string of the molecule is CCCN(C1CCNCC1)S(=O)(=O)N(C)C1CCCCC1. The van der Waals surface area contributed by atoms with Gasteiger partial charge in [0.1, 0.15) is 0 Å². The monoisotopic (exact) mass is 317 g/mol. The van der Waals surface area contributed by atoms with E-state index >= 15 is 0 Å². The van der Waals surface area contributed by atoms with Crippen LogP contribution in [0.1, 0.15) is 58.3 Å². The highest BCUT2D eigenvalue weighted by Crippen LogP contribution is 2.27. The lowest BCUT2D eigenvalue weighted by Crippen LogP contribution is -2.53. The largest absolute Gasteiger partial charge is 0.317 e. The number of hydrogen-bond donors (Lipinski definition) is 1. The third-order valence-electron chi connectivity index (χ3n) is 4.91. The molecule has 1 aliphatic carbocycles. The van der Waals surface area contributed by atoms with Crippen LogP contribution in [-0.2, 0) is 10.2 Å². The normalized spacial score (nSPS) is 23.0. The lowest BCUT2D eigenvalue weighted by atomic mass is 9.96. The van der Waals surface area contributed by atoms with Crippen molar-refractivity contribution in [2.75, 3.05) is 26.7 Å². The number of nitrogens with one attached hydrogen (secondary N) is 1. The van der Waals surface area contributed by atoms with Gasteiger partial charge in [0.2, 0.25) is 0 Å². The van der Waals surface area contributed by atoms with Gasteiger partial charge in [0.15, 0.2) is 0 Å². The van der Waals surface area contributed by atoms with E-state index in [-0.39, 0.29) is 12.1 Å². The Bertz CT molecular complexity index is 401. The maximum atomic E-state index is 13.1. The number of piperidine rings is 1. The standard InChI is InChI=1S/C15H31N3O2S/c1-3-13-18(15-9-11-16-12-10-15)21(19,20)17(2)14-7-5-4-6-8-14/h14-16H,3-13H2,1-2H3. The molecular weight excluding hydrogens is 286 g/mol. The molecule has 5 nitrogen and oxygen atoms in total. The molecule has 124 valence electrons. The molecule has 0 radical (unpaired) electrons. The van der Waals surface area contributed by atoms with Crippen LogP contribution in [0, 0.1) is 0 Å². The Balaban J connectivity index is 2.11. The van der Waals surface area contributed by atoms with E-state index in [0.717, 1.165) is 58.0 Å². The summed E-state index contributed by atoms with van der Waals surface area (Å²) in [5, 5.41) is 3.32. The van der Waals surface area contributed by atoms with Crippen LogP contribution in [0.2, 0.25) is 0 Å². The molecule has 2 fully saturated rings. The van der Waals surface area contributed by atoms with Gasteiger partial charge in [0.05, 0.1) is 0 Å². The first-order valence-electron chi connectivity index (χ1n) is 8.53. The molecule has 0 bridgehead atoms. The van der Waals surface area contributed by atoms with E-state index in [1.54, 1.807) is 15.7 Å². The minimum absolute atomic E-state index is 0.169. The number of hydrogen-bond acceptors (Lipinski definition) is 3. The second-order valence-corrected chi connectivity index (χ2v) is 8.35. The summed E-state index contributed by atoms with van der Waals surface area (Å²) in [7, 11) is -1.54. The number of nitrogens with zero attached hydrogens (tertiary/aromatic N) is 2. The summed E-state index contributed by atoms with van der Waals surface area (Å²) in [5.41, 5.74) is 0. The zero-order valence-electron chi connectivity index (χ0n) is 13.6. The first kappa shape index (κ1) is 17.2. The fourth-order valence-electron chi connectivity index (χ4n) is 3.60. The smallest absolute Gasteiger partial charge is 0.282 e. The van der Waals surface area contributed by atoms with Gasteiger partial charge in [0, 0.05) is 25.7 Å². The van der Waals surface area contributed by atoms with E-state index in [0.29, 0.717) is 6.54 Å². The highest BCUT2D eigenvalue weighted by atomic mass is 32.2. The molecule has 1 N–H and O–H groups in total. The van der Waals surface area contributed by atoms with Crippen molar-refractivity contribution in [3.05, 3.63) is 0 Å². The average molecular weight is 317 g/mol. The van der Waals surface area contributed by atoms with E-state index in [1.807, 2.05) is 0 Å². The predicted octanol–water partition coefficient (Wildman–Crippen LogP) is 1.96. The first-order chi connectivity index (χ1) is 10.1. The van der Waals surface area contributed by atoms with Crippen LogP contribution in [-0.4, -0.2) is 55.8 Å². The van der Waals surface area contributed by atoms with E-state index in [2.05, 4.69) is 12.2 Å². The summed E-state index contributed by atoms with van der Waals surface area (Å²) in [6.45, 7) is 4.55. The van der Waals surface area contributed by atoms with E-state index in [1.165, 1.54) is 6.42 Å². The lowest BCUT2D eigenvalue weighted by Gasteiger charge is -2.39. The van der Waals surface area contributed by atoms with Gasteiger partial charge in [0.25, 0.3) is 10.2 Å². The number of rotatable bonds is 6. The molecule has 0 unspecified atom stereocenters. The van der Waals surface area contributed by atoms with Crippen molar-refractivity contribution in [2.45, 2.75) is 70.4 Å². The summed E-state index contributed by atoms with van der Waals surface area (Å²) in [4.78, 5) is 0. The molecule has 0 aromatic heterocycles. The zero-order chi connectivity index (χ0) is 15.3. The van der Waals surface area contributed by atoms with Crippen molar-refractivity contribution < 1.29 is 8.42 Å². The van der Waals surface area contributed by atoms with Crippen LogP contribution in [0.3, 0.4) is 0 Å². The van der Waals surface area contributed by atoms with Crippen molar-refractivity contribution in [3.8, 4) is 0 Å². The lowest BCUT2D eigenvalue weighted by molar-refractivity contribution is 0.220. The Labute approximate surface area is 130 Å². The van der Waals surface area contributed by atoms with Crippen molar-refractivity contribution in [2.24, 2.45) is 0 Å². The van der Waals surface area contributed by atoms with Crippen LogP contribution in [0.25, 0.3) is 0 Å². The molecule has 0 atom stereocenters. The van der Waals surface area contributed by atoms with Gasteiger partial charge in [-0.05, 0) is 45.2 Å². The Morgan fingerprint density at radius 3 is 2.19 bits per heavy atom. The third-order valence-corrected chi connectivity index (χ3v) is 7.01. The highest BCUT2D eigenvalue weighted by molar-refractivity contribution is 7.86. The molecule has 1 saturated heterocycles. The molecule has 0 spiro atoms. The minimum Gasteiger partial charge on any atom is -0.317 e. The molecule has 0 amide bonds. The fourth-order valence-corrected chi connectivity index (χ4v) is 5.52. The summed E-state index contributed by atoms with van der Waals surface area (Å²) in [6, 6.07) is 0.368. The van der Waals surface area contributed by atoms with Crippen LogP contribution in [0.15, 0.2) is 0 Å². The van der Waals surface area contributed by atoms with Gasteiger partial charge >= 0.3 is 0 Å². The molecule has 0 aromatic rings. The molecule has 2 rings (SSSR count). The van der Waals surface area contributed by atoms with Crippen molar-refractivity contribution in [1.29, 1.82) is 0 Å². The summed E-state index contributed by atoms with van der Waals surface area (Å²) in [5.74, 6) is 0. The second-order valence-electron chi connectivity index (χ2n) is 6.41. The van der Waals surface area contributed by atoms with Crippen LogP contribution >= 0.6 is 0 Å². The second kappa shape index (κ2) is 7.90. The average Bonchev–Trinajstić information content (AvgIpc) is 2.53. The van der Waals surface area contributed by atoms with Gasteiger partial charge in [-0.1, -0.05) is 26.2 Å². The molecule has 6 heteroatoms. The molecule has 1 saturated carbocycles. The van der Waals surface area contributed by atoms with E-state index < -0.39 is 10.2 Å². The highest BCUT2D eigenvalue weighted by Gasteiger charge is 2.36. The molecule has 21 heavy (non-hydrogen) atoms. The maximum absolute atomic E-state index is 13.1. The molecule has 2 aliphatic rings. The van der Waals surface area contributed by atoms with Gasteiger partial charge in [-0.15, -0.1) is 0 Å². The van der Waals surface area contributed by atoms with E-state index in [9.17, 15) is 8.42 Å². The first-order valence-corrected chi connectivity index (χ1v) is 9.92. The summed E-state index contributed by atoms with van der Waals surface area (Å²) in [6.07, 6.45) is 8.33. The Morgan fingerprint density at radius 1 is 1.00 bits per heavy atom. The summed E-state index contributed by atoms with van der Waals surface area (Å²) < 4.78 is 29.6. The van der Waals surface area contributed by atoms with Crippen LogP contribution in [0.4, 0.5) is 0 Å². The Kier molecular flexibility index (Phi) is 6.47. The Morgan fingerprint density at radius 2 is 1.62 bits per heavy atom. The van der Waals surface area contributed by atoms with Crippen molar-refractivity contribution >= 4 is 10.2 Å². The minimum atomic E-state index is -3.32. The van der Waals surface area contributed by atoms with Gasteiger partial charge < -0.3 is 5.32 Å². The fraction of sp³-hybridized carbons (Fsp3) is 1.00. The third kappa shape index (κ3) is 4.18. The molecule has 0 aromatic carbocycles. The van der Waals surface area contributed by atoms with Gasteiger partial charge in [-0.25, -0.2) is 0 Å². The zero-order valence-corrected chi connectivity index (χ0v) is 14.4.